The molecule has 1 amide bonds. The highest BCUT2D eigenvalue weighted by atomic mass is 16.5. The molecule has 104 valence electrons. The number of ether oxygens (including phenoxy) is 1. The van der Waals surface area contributed by atoms with Crippen molar-refractivity contribution in [3.8, 4) is 5.75 Å². The zero-order valence-corrected chi connectivity index (χ0v) is 10.8. The highest BCUT2D eigenvalue weighted by Crippen LogP contribution is 2.17. The fourth-order valence-corrected chi connectivity index (χ4v) is 1.41. The van der Waals surface area contributed by atoms with E-state index in [9.17, 15) is 9.59 Å². The van der Waals surface area contributed by atoms with E-state index >= 15 is 0 Å². The van der Waals surface area contributed by atoms with Crippen LogP contribution in [0.1, 0.15) is 13.3 Å². The Morgan fingerprint density at radius 3 is 2.84 bits per heavy atom. The molecule has 1 rings (SSSR count). The Balaban J connectivity index is 2.47. The van der Waals surface area contributed by atoms with Crippen LogP contribution in [0.15, 0.2) is 24.3 Å². The number of hydrogen-bond acceptors (Lipinski definition) is 4. The summed E-state index contributed by atoms with van der Waals surface area (Å²) in [5.41, 5.74) is 0.587. The maximum Gasteiger partial charge on any atom is 0.341 e. The molecule has 0 radical (unpaired) electrons. The van der Waals surface area contributed by atoms with Gasteiger partial charge in [-0.25, -0.2) is 4.79 Å². The first-order chi connectivity index (χ1) is 9.11. The third-order valence-corrected chi connectivity index (χ3v) is 2.26. The summed E-state index contributed by atoms with van der Waals surface area (Å²) in [6.45, 7) is 3.02. The van der Waals surface area contributed by atoms with Gasteiger partial charge in [0.05, 0.1) is 0 Å². The van der Waals surface area contributed by atoms with Crippen LogP contribution in [0.4, 0.5) is 5.69 Å². The second-order valence-electron chi connectivity index (χ2n) is 3.86. The van der Waals surface area contributed by atoms with Crippen LogP contribution in [0.3, 0.4) is 0 Å². The Morgan fingerprint density at radius 2 is 2.16 bits per heavy atom. The predicted molar refractivity (Wildman–Crippen MR) is 71.4 cm³/mol. The lowest BCUT2D eigenvalue weighted by Crippen LogP contribution is -2.21. The number of carbonyl (C=O) groups excluding carboxylic acids is 1. The van der Waals surface area contributed by atoms with Crippen LogP contribution >= 0.6 is 0 Å². The maximum absolute atomic E-state index is 11.6. The van der Waals surface area contributed by atoms with Gasteiger partial charge in [-0.05, 0) is 18.7 Å². The molecule has 0 unspecified atom stereocenters. The molecule has 19 heavy (non-hydrogen) atoms. The molecular formula is C13H18N2O4. The SMILES string of the molecule is CCNCCC(=O)Nc1cccc(OCC(=O)O)c1. The smallest absolute Gasteiger partial charge is 0.341 e. The average Bonchev–Trinajstić information content (AvgIpc) is 2.37. The van der Waals surface area contributed by atoms with Gasteiger partial charge in [-0.1, -0.05) is 13.0 Å². The number of carbonyl (C=O) groups is 2. The molecule has 0 saturated carbocycles. The van der Waals surface area contributed by atoms with E-state index in [0.717, 1.165) is 6.54 Å². The molecule has 6 heteroatoms. The van der Waals surface area contributed by atoms with Crippen molar-refractivity contribution in [1.82, 2.24) is 5.32 Å². The molecule has 0 aliphatic carbocycles. The lowest BCUT2D eigenvalue weighted by molar-refractivity contribution is -0.139. The van der Waals surface area contributed by atoms with Crippen molar-refractivity contribution in [3.05, 3.63) is 24.3 Å². The molecular weight excluding hydrogens is 248 g/mol. The average molecular weight is 266 g/mol. The van der Waals surface area contributed by atoms with Gasteiger partial charge >= 0.3 is 5.97 Å². The number of rotatable bonds is 8. The van der Waals surface area contributed by atoms with Crippen molar-refractivity contribution in [2.75, 3.05) is 25.0 Å². The first-order valence-corrected chi connectivity index (χ1v) is 6.07. The van der Waals surface area contributed by atoms with Gasteiger partial charge in [0.25, 0.3) is 0 Å². The topological polar surface area (TPSA) is 87.7 Å². The highest BCUT2D eigenvalue weighted by Gasteiger charge is 2.04. The maximum atomic E-state index is 11.6. The molecule has 6 nitrogen and oxygen atoms in total. The quantitative estimate of drug-likeness (QED) is 0.613. The van der Waals surface area contributed by atoms with Crippen molar-refractivity contribution in [1.29, 1.82) is 0 Å². The van der Waals surface area contributed by atoms with Gasteiger partial charge in [0, 0.05) is 24.7 Å². The van der Waals surface area contributed by atoms with Gasteiger partial charge in [0.1, 0.15) is 5.75 Å². The number of benzene rings is 1. The Labute approximate surface area is 111 Å². The van der Waals surface area contributed by atoms with E-state index in [-0.39, 0.29) is 5.91 Å². The predicted octanol–water partition coefficient (Wildman–Crippen LogP) is 1.09. The van der Waals surface area contributed by atoms with Crippen LogP contribution in [0, 0.1) is 0 Å². The first-order valence-electron chi connectivity index (χ1n) is 6.07. The van der Waals surface area contributed by atoms with Crippen LogP contribution in [0.5, 0.6) is 5.75 Å². The number of nitrogens with one attached hydrogen (secondary N) is 2. The molecule has 1 aromatic rings. The fraction of sp³-hybridized carbons (Fsp3) is 0.385. The van der Waals surface area contributed by atoms with E-state index in [1.54, 1.807) is 24.3 Å². The van der Waals surface area contributed by atoms with E-state index < -0.39 is 12.6 Å². The molecule has 3 N–H and O–H groups in total. The Hall–Kier alpha value is -2.08. The second-order valence-corrected chi connectivity index (χ2v) is 3.86. The molecule has 0 saturated heterocycles. The summed E-state index contributed by atoms with van der Waals surface area (Å²) in [5, 5.41) is 14.3. The third-order valence-electron chi connectivity index (χ3n) is 2.26. The summed E-state index contributed by atoms with van der Waals surface area (Å²) in [6, 6.07) is 6.64. The molecule has 0 aromatic heterocycles. The van der Waals surface area contributed by atoms with Gasteiger partial charge in [0.2, 0.25) is 5.91 Å². The van der Waals surface area contributed by atoms with Crippen molar-refractivity contribution < 1.29 is 19.4 Å². The lowest BCUT2D eigenvalue weighted by Gasteiger charge is -2.08. The number of carboxylic acids is 1. The third kappa shape index (κ3) is 6.42. The van der Waals surface area contributed by atoms with Crippen LogP contribution in [-0.4, -0.2) is 36.7 Å². The number of hydrogen-bond donors (Lipinski definition) is 3. The van der Waals surface area contributed by atoms with Crippen molar-refractivity contribution in [2.45, 2.75) is 13.3 Å². The zero-order chi connectivity index (χ0) is 14.1. The van der Waals surface area contributed by atoms with Crippen molar-refractivity contribution >= 4 is 17.6 Å². The Bertz CT molecular complexity index is 434. The standard InChI is InChI=1S/C13H18N2O4/c1-2-14-7-6-12(16)15-10-4-3-5-11(8-10)19-9-13(17)18/h3-5,8,14H,2,6-7,9H2,1H3,(H,15,16)(H,17,18). The summed E-state index contributed by atoms with van der Waals surface area (Å²) in [6.07, 6.45) is 0.383. The van der Waals surface area contributed by atoms with Crippen molar-refractivity contribution in [2.24, 2.45) is 0 Å². The largest absolute Gasteiger partial charge is 0.482 e. The first kappa shape index (κ1) is 15.0. The number of carboxylic acid groups (broad SMARTS) is 1. The van der Waals surface area contributed by atoms with E-state index in [1.165, 1.54) is 0 Å². The van der Waals surface area contributed by atoms with Crippen LogP contribution in [0.25, 0.3) is 0 Å². The molecule has 1 aromatic carbocycles. The van der Waals surface area contributed by atoms with E-state index in [4.69, 9.17) is 9.84 Å². The van der Waals surface area contributed by atoms with E-state index in [0.29, 0.717) is 24.4 Å². The molecule has 0 atom stereocenters. The molecule has 0 aliphatic heterocycles. The van der Waals surface area contributed by atoms with Crippen LogP contribution in [0.2, 0.25) is 0 Å². The number of amides is 1. The highest BCUT2D eigenvalue weighted by molar-refractivity contribution is 5.91. The van der Waals surface area contributed by atoms with Crippen molar-refractivity contribution in [3.63, 3.8) is 0 Å². The van der Waals surface area contributed by atoms with Gasteiger partial charge < -0.3 is 20.5 Å². The van der Waals surface area contributed by atoms with E-state index in [1.807, 2.05) is 6.92 Å². The summed E-state index contributed by atoms with van der Waals surface area (Å²) in [4.78, 5) is 22.0. The minimum Gasteiger partial charge on any atom is -0.482 e. The minimum atomic E-state index is -1.04. The molecule has 0 bridgehead atoms. The Kier molecular flexibility index (Phi) is 6.38. The normalized spacial score (nSPS) is 9.95. The summed E-state index contributed by atoms with van der Waals surface area (Å²) in [7, 11) is 0. The Morgan fingerprint density at radius 1 is 1.37 bits per heavy atom. The molecule has 0 aliphatic rings. The number of aliphatic carboxylic acids is 1. The lowest BCUT2D eigenvalue weighted by atomic mass is 10.3. The summed E-state index contributed by atoms with van der Waals surface area (Å²) in [5.74, 6) is -0.733. The zero-order valence-electron chi connectivity index (χ0n) is 10.8. The second kappa shape index (κ2) is 8.10. The molecule has 0 spiro atoms. The van der Waals surface area contributed by atoms with Gasteiger partial charge in [-0.2, -0.15) is 0 Å². The monoisotopic (exact) mass is 266 g/mol. The van der Waals surface area contributed by atoms with E-state index in [2.05, 4.69) is 10.6 Å². The summed E-state index contributed by atoms with van der Waals surface area (Å²) < 4.78 is 5.03. The van der Waals surface area contributed by atoms with Gasteiger partial charge in [-0.15, -0.1) is 0 Å². The summed E-state index contributed by atoms with van der Waals surface area (Å²) >= 11 is 0. The van der Waals surface area contributed by atoms with Crippen LogP contribution < -0.4 is 15.4 Å². The molecule has 0 fully saturated rings. The van der Waals surface area contributed by atoms with Gasteiger partial charge in [0.15, 0.2) is 6.61 Å². The number of anilines is 1. The molecule has 0 heterocycles. The van der Waals surface area contributed by atoms with Gasteiger partial charge in [-0.3, -0.25) is 4.79 Å². The fourth-order valence-electron chi connectivity index (χ4n) is 1.41. The van der Waals surface area contributed by atoms with Crippen LogP contribution in [-0.2, 0) is 9.59 Å². The minimum absolute atomic E-state index is 0.101.